The molecule has 4 rings (SSSR count). The number of hydrazine groups is 1. The van der Waals surface area contributed by atoms with Crippen molar-refractivity contribution in [2.75, 3.05) is 10.7 Å². The summed E-state index contributed by atoms with van der Waals surface area (Å²) in [4.78, 5) is 13.1. The number of aliphatic hydroxyl groups is 1. The predicted octanol–water partition coefficient (Wildman–Crippen LogP) is 1.04. The fourth-order valence-corrected chi connectivity index (χ4v) is 3.03. The Morgan fingerprint density at radius 3 is 2.71 bits per heavy atom. The number of fused-ring (bicyclic) bond motifs is 1. The molecule has 4 heterocycles. The van der Waals surface area contributed by atoms with Crippen LogP contribution in [0.5, 0.6) is 0 Å². The summed E-state index contributed by atoms with van der Waals surface area (Å²) in [6.45, 7) is 1.84. The van der Waals surface area contributed by atoms with Crippen LogP contribution in [-0.2, 0) is 13.7 Å². The molecule has 0 radical (unpaired) electrons. The second kappa shape index (κ2) is 6.91. The van der Waals surface area contributed by atoms with Crippen LogP contribution in [0.4, 0.5) is 11.6 Å². The highest BCUT2D eigenvalue weighted by molar-refractivity contribution is 5.65. The molecule has 0 aliphatic heterocycles. The lowest BCUT2D eigenvalue weighted by Crippen LogP contribution is -2.35. The molecule has 4 aromatic rings. The van der Waals surface area contributed by atoms with Gasteiger partial charge in [-0.05, 0) is 18.6 Å². The Kier molecular flexibility index (Phi) is 4.41. The number of anilines is 2. The molecule has 0 aliphatic carbocycles. The van der Waals surface area contributed by atoms with Crippen molar-refractivity contribution in [2.24, 2.45) is 12.9 Å². The molecule has 10 heteroatoms. The van der Waals surface area contributed by atoms with Gasteiger partial charge in [0.15, 0.2) is 11.6 Å². The van der Waals surface area contributed by atoms with Gasteiger partial charge in [0.1, 0.15) is 5.65 Å². The molecule has 0 amide bonds. The van der Waals surface area contributed by atoms with E-state index in [1.807, 2.05) is 42.9 Å². The van der Waals surface area contributed by atoms with Gasteiger partial charge in [0, 0.05) is 25.0 Å². The summed E-state index contributed by atoms with van der Waals surface area (Å²) >= 11 is 0. The van der Waals surface area contributed by atoms with Crippen LogP contribution in [0.1, 0.15) is 24.2 Å². The van der Waals surface area contributed by atoms with E-state index in [4.69, 9.17) is 11.6 Å². The molecule has 0 saturated carbocycles. The molecule has 28 heavy (non-hydrogen) atoms. The first-order valence-electron chi connectivity index (χ1n) is 8.70. The Bertz CT molecular complexity index is 1130. The fourth-order valence-electron chi connectivity index (χ4n) is 3.03. The number of nitrogens with two attached hydrogens (primary N) is 2. The third kappa shape index (κ3) is 3.04. The van der Waals surface area contributed by atoms with Gasteiger partial charge in [-0.2, -0.15) is 5.10 Å². The van der Waals surface area contributed by atoms with E-state index in [9.17, 15) is 5.11 Å². The van der Waals surface area contributed by atoms with Crippen LogP contribution in [-0.4, -0.2) is 34.2 Å². The van der Waals surface area contributed by atoms with Crippen LogP contribution in [0.3, 0.4) is 0 Å². The molecule has 1 atom stereocenters. The number of nitrogen functional groups attached to an aromatic ring is 1. The maximum atomic E-state index is 9.48. The molecular formula is C18H21N9O. The van der Waals surface area contributed by atoms with Crippen LogP contribution < -0.4 is 16.6 Å². The summed E-state index contributed by atoms with van der Waals surface area (Å²) in [5, 5.41) is 15.1. The van der Waals surface area contributed by atoms with Crippen molar-refractivity contribution in [1.82, 2.24) is 29.1 Å². The van der Waals surface area contributed by atoms with Gasteiger partial charge in [0.25, 0.3) is 0 Å². The second-order valence-electron chi connectivity index (χ2n) is 6.55. The highest BCUT2D eigenvalue weighted by Gasteiger charge is 2.20. The standard InChI is InChI=1S/C18H21N9O/c1-11(12-3-4-16-21-6-14(10-28)26(16)9-12)27(20)18-17(19)22-7-15(24-18)13-5-23-25(2)8-13/h3-9,11,28H,10,20H2,1-2H3,(H2,19,22). The van der Waals surface area contributed by atoms with E-state index in [0.29, 0.717) is 17.2 Å². The Labute approximate surface area is 161 Å². The molecular weight excluding hydrogens is 358 g/mol. The van der Waals surface area contributed by atoms with Crippen molar-refractivity contribution < 1.29 is 5.11 Å². The molecule has 0 fully saturated rings. The summed E-state index contributed by atoms with van der Waals surface area (Å²) < 4.78 is 3.52. The van der Waals surface area contributed by atoms with E-state index in [1.165, 1.54) is 5.01 Å². The van der Waals surface area contributed by atoms with Crippen LogP contribution in [0.15, 0.2) is 43.1 Å². The number of imidazole rings is 1. The Morgan fingerprint density at radius 2 is 2.00 bits per heavy atom. The average molecular weight is 379 g/mol. The topological polar surface area (TPSA) is 136 Å². The third-order valence-electron chi connectivity index (χ3n) is 4.69. The first-order chi connectivity index (χ1) is 13.5. The maximum Gasteiger partial charge on any atom is 0.186 e. The number of aromatic nitrogens is 6. The van der Waals surface area contributed by atoms with Crippen LogP contribution in [0.25, 0.3) is 16.9 Å². The molecule has 0 bridgehead atoms. The van der Waals surface area contributed by atoms with Crippen molar-refractivity contribution in [3.05, 3.63) is 54.4 Å². The lowest BCUT2D eigenvalue weighted by molar-refractivity contribution is 0.276. The number of rotatable bonds is 5. The SMILES string of the molecule is CC(c1ccc2ncc(CO)n2c1)N(N)c1nc(-c2cnn(C)c2)cnc1N. The first-order valence-corrected chi connectivity index (χ1v) is 8.70. The van der Waals surface area contributed by atoms with Gasteiger partial charge in [0.05, 0.1) is 42.6 Å². The van der Waals surface area contributed by atoms with Crippen LogP contribution in [0.2, 0.25) is 0 Å². The van der Waals surface area contributed by atoms with Gasteiger partial charge in [-0.3, -0.25) is 9.69 Å². The van der Waals surface area contributed by atoms with Crippen molar-refractivity contribution in [1.29, 1.82) is 0 Å². The number of hydrogen-bond donors (Lipinski definition) is 3. The molecule has 0 saturated heterocycles. The highest BCUT2D eigenvalue weighted by Crippen LogP contribution is 2.28. The number of hydrogen-bond acceptors (Lipinski definition) is 8. The average Bonchev–Trinajstić information content (AvgIpc) is 3.32. The zero-order valence-corrected chi connectivity index (χ0v) is 15.6. The van der Waals surface area contributed by atoms with Gasteiger partial charge in [0.2, 0.25) is 0 Å². The van der Waals surface area contributed by atoms with Crippen molar-refractivity contribution in [2.45, 2.75) is 19.6 Å². The smallest absolute Gasteiger partial charge is 0.186 e. The van der Waals surface area contributed by atoms with E-state index in [0.717, 1.165) is 16.8 Å². The van der Waals surface area contributed by atoms with Crippen molar-refractivity contribution >= 4 is 17.3 Å². The van der Waals surface area contributed by atoms with E-state index < -0.39 is 0 Å². The zero-order chi connectivity index (χ0) is 19.8. The number of nitrogens with zero attached hydrogens (tertiary/aromatic N) is 7. The van der Waals surface area contributed by atoms with E-state index in [2.05, 4.69) is 20.1 Å². The number of aryl methyl sites for hydroxylation is 1. The summed E-state index contributed by atoms with van der Waals surface area (Å²) in [6, 6.07) is 3.56. The normalized spacial score (nSPS) is 12.4. The lowest BCUT2D eigenvalue weighted by Gasteiger charge is -2.26. The molecule has 144 valence electrons. The monoisotopic (exact) mass is 379 g/mol. The predicted molar refractivity (Wildman–Crippen MR) is 105 cm³/mol. The molecule has 1 unspecified atom stereocenters. The maximum absolute atomic E-state index is 9.48. The molecule has 4 aromatic heterocycles. The quantitative estimate of drug-likeness (QED) is 0.346. The summed E-state index contributed by atoms with van der Waals surface area (Å²) in [6.07, 6.45) is 8.69. The van der Waals surface area contributed by atoms with Gasteiger partial charge in [-0.15, -0.1) is 0 Å². The second-order valence-corrected chi connectivity index (χ2v) is 6.55. The van der Waals surface area contributed by atoms with Gasteiger partial charge >= 0.3 is 0 Å². The fraction of sp³-hybridized carbons (Fsp3) is 0.222. The summed E-state index contributed by atoms with van der Waals surface area (Å²) in [5.74, 6) is 6.98. The van der Waals surface area contributed by atoms with Crippen molar-refractivity contribution in [3.8, 4) is 11.3 Å². The van der Waals surface area contributed by atoms with E-state index in [1.54, 1.807) is 23.3 Å². The largest absolute Gasteiger partial charge is 0.390 e. The van der Waals surface area contributed by atoms with E-state index in [-0.39, 0.29) is 18.5 Å². The van der Waals surface area contributed by atoms with Crippen molar-refractivity contribution in [3.63, 3.8) is 0 Å². The van der Waals surface area contributed by atoms with E-state index >= 15 is 0 Å². The minimum Gasteiger partial charge on any atom is -0.390 e. The van der Waals surface area contributed by atoms with Gasteiger partial charge < -0.3 is 15.2 Å². The minimum absolute atomic E-state index is 0.100. The molecule has 5 N–H and O–H groups in total. The first kappa shape index (κ1) is 17.9. The van der Waals surface area contributed by atoms with Crippen LogP contribution >= 0.6 is 0 Å². The summed E-state index contributed by atoms with van der Waals surface area (Å²) in [7, 11) is 1.83. The number of aliphatic hydroxyl groups excluding tert-OH is 1. The molecule has 10 nitrogen and oxygen atoms in total. The molecule has 0 aromatic carbocycles. The van der Waals surface area contributed by atoms with Gasteiger partial charge in [-0.25, -0.2) is 20.8 Å². The van der Waals surface area contributed by atoms with Crippen LogP contribution in [0, 0.1) is 0 Å². The molecule has 0 spiro atoms. The zero-order valence-electron chi connectivity index (χ0n) is 15.6. The Morgan fingerprint density at radius 1 is 1.18 bits per heavy atom. The summed E-state index contributed by atoms with van der Waals surface area (Å²) in [5.41, 5.74) is 9.86. The van der Waals surface area contributed by atoms with Gasteiger partial charge in [-0.1, -0.05) is 6.07 Å². The highest BCUT2D eigenvalue weighted by atomic mass is 16.3. The minimum atomic E-state index is -0.251. The third-order valence-corrected chi connectivity index (χ3v) is 4.69. The molecule has 0 aliphatic rings. The Balaban J connectivity index is 1.69. The Hall–Kier alpha value is -3.50. The lowest BCUT2D eigenvalue weighted by atomic mass is 10.1. The number of pyridine rings is 1.